The van der Waals surface area contributed by atoms with Crippen molar-refractivity contribution in [1.82, 2.24) is 0 Å². The van der Waals surface area contributed by atoms with Crippen molar-refractivity contribution in [3.8, 4) is 0 Å². The van der Waals surface area contributed by atoms with Crippen LogP contribution in [0.1, 0.15) is 29.9 Å². The average Bonchev–Trinajstić information content (AvgIpc) is 3.06. The molecule has 4 rings (SSSR count). The second-order valence-electron chi connectivity index (χ2n) is 5.74. The van der Waals surface area contributed by atoms with Crippen LogP contribution >= 0.6 is 0 Å². The molecular weight excluding hydrogens is 232 g/mol. The van der Waals surface area contributed by atoms with Gasteiger partial charge < -0.3 is 0 Å². The number of carbonyl (C=O) groups excluding carboxylic acids is 1. The zero-order valence-electron chi connectivity index (χ0n) is 10.8. The number of benzene rings is 2. The quantitative estimate of drug-likeness (QED) is 0.792. The van der Waals surface area contributed by atoms with Crippen molar-refractivity contribution < 1.29 is 4.79 Å². The Bertz CT molecular complexity index is 617. The number of ketones is 1. The van der Waals surface area contributed by atoms with E-state index in [2.05, 4.69) is 48.5 Å². The van der Waals surface area contributed by atoms with Crippen molar-refractivity contribution in [2.24, 2.45) is 5.92 Å². The molecule has 2 aromatic rings. The van der Waals surface area contributed by atoms with E-state index in [-0.39, 0.29) is 11.3 Å². The van der Waals surface area contributed by atoms with Crippen molar-refractivity contribution >= 4 is 5.78 Å². The molecule has 0 heterocycles. The summed E-state index contributed by atoms with van der Waals surface area (Å²) in [5, 5.41) is 0. The summed E-state index contributed by atoms with van der Waals surface area (Å²) in [7, 11) is 0. The molecule has 0 spiro atoms. The minimum atomic E-state index is 0.0969. The van der Waals surface area contributed by atoms with Gasteiger partial charge in [0.25, 0.3) is 0 Å². The van der Waals surface area contributed by atoms with Gasteiger partial charge in [0, 0.05) is 23.7 Å². The van der Waals surface area contributed by atoms with Crippen molar-refractivity contribution in [2.45, 2.75) is 24.2 Å². The first-order valence-electron chi connectivity index (χ1n) is 6.97. The van der Waals surface area contributed by atoms with Crippen LogP contribution in [-0.4, -0.2) is 5.78 Å². The summed E-state index contributed by atoms with van der Waals surface area (Å²) < 4.78 is 0. The van der Waals surface area contributed by atoms with Crippen LogP contribution in [0.3, 0.4) is 0 Å². The van der Waals surface area contributed by atoms with Crippen LogP contribution in [0.2, 0.25) is 0 Å². The fourth-order valence-corrected chi connectivity index (χ4v) is 4.11. The van der Waals surface area contributed by atoms with E-state index in [9.17, 15) is 4.79 Å². The van der Waals surface area contributed by atoms with Crippen LogP contribution in [-0.2, 0) is 10.2 Å². The number of hydrogen-bond donors (Lipinski definition) is 0. The van der Waals surface area contributed by atoms with Crippen molar-refractivity contribution in [3.63, 3.8) is 0 Å². The highest BCUT2D eigenvalue weighted by Crippen LogP contribution is 2.72. The average molecular weight is 248 g/mol. The lowest BCUT2D eigenvalue weighted by Gasteiger charge is -2.15. The highest BCUT2D eigenvalue weighted by molar-refractivity contribution is 5.92. The summed E-state index contributed by atoms with van der Waals surface area (Å²) in [6.45, 7) is 0. The third kappa shape index (κ3) is 1.39. The molecule has 2 aliphatic rings. The number of Topliss-reactive ketones (excluding diaryl/α,β-unsaturated/α-hetero) is 1. The first-order valence-corrected chi connectivity index (χ1v) is 6.97. The van der Waals surface area contributed by atoms with E-state index < -0.39 is 0 Å². The molecule has 2 fully saturated rings. The van der Waals surface area contributed by atoms with Crippen LogP contribution in [0, 0.1) is 5.92 Å². The first-order chi connectivity index (χ1) is 9.34. The van der Waals surface area contributed by atoms with Gasteiger partial charge in [0.2, 0.25) is 0 Å². The molecule has 1 nitrogen and oxygen atoms in total. The Morgan fingerprint density at radius 3 is 2.16 bits per heavy atom. The summed E-state index contributed by atoms with van der Waals surface area (Å²) in [4.78, 5) is 12.2. The van der Waals surface area contributed by atoms with Crippen LogP contribution in [0.5, 0.6) is 0 Å². The Morgan fingerprint density at radius 1 is 0.842 bits per heavy atom. The van der Waals surface area contributed by atoms with Gasteiger partial charge in [-0.05, 0) is 17.5 Å². The summed E-state index contributed by atoms with van der Waals surface area (Å²) in [6.07, 6.45) is 1.77. The van der Waals surface area contributed by atoms with E-state index in [1.165, 1.54) is 11.1 Å². The molecule has 0 bridgehead atoms. The standard InChI is InChI=1S/C18H16O/c19-15-11-12-18(14-9-5-2-6-10-14)16(17(15)18)13-7-3-1-4-8-13/h1-10,16-17H,11-12H2/t16-,17-,18+/m0/s1. The van der Waals surface area contributed by atoms with Crippen LogP contribution in [0.25, 0.3) is 0 Å². The summed E-state index contributed by atoms with van der Waals surface area (Å²) >= 11 is 0. The second kappa shape index (κ2) is 3.80. The van der Waals surface area contributed by atoms with Gasteiger partial charge in [0.1, 0.15) is 5.78 Å². The van der Waals surface area contributed by atoms with E-state index in [0.29, 0.717) is 11.7 Å². The molecule has 19 heavy (non-hydrogen) atoms. The molecule has 94 valence electrons. The maximum absolute atomic E-state index is 12.2. The van der Waals surface area contributed by atoms with E-state index in [0.717, 1.165) is 12.8 Å². The molecular formula is C18H16O. The molecule has 0 amide bonds. The zero-order chi connectivity index (χ0) is 12.9. The van der Waals surface area contributed by atoms with Gasteiger partial charge in [-0.25, -0.2) is 0 Å². The van der Waals surface area contributed by atoms with Gasteiger partial charge in [-0.3, -0.25) is 4.79 Å². The number of fused-ring (bicyclic) bond motifs is 1. The highest BCUT2D eigenvalue weighted by Gasteiger charge is 2.71. The minimum absolute atomic E-state index is 0.0969. The largest absolute Gasteiger partial charge is 0.299 e. The van der Waals surface area contributed by atoms with Crippen molar-refractivity contribution in [2.75, 3.05) is 0 Å². The fraction of sp³-hybridized carbons (Fsp3) is 0.278. The number of hydrogen-bond acceptors (Lipinski definition) is 1. The molecule has 0 aliphatic heterocycles. The van der Waals surface area contributed by atoms with Crippen LogP contribution in [0.15, 0.2) is 60.7 Å². The minimum Gasteiger partial charge on any atom is -0.299 e. The first kappa shape index (κ1) is 11.0. The van der Waals surface area contributed by atoms with Crippen LogP contribution in [0.4, 0.5) is 0 Å². The van der Waals surface area contributed by atoms with E-state index in [1.54, 1.807) is 0 Å². The molecule has 0 saturated heterocycles. The molecule has 0 radical (unpaired) electrons. The monoisotopic (exact) mass is 248 g/mol. The highest BCUT2D eigenvalue weighted by atomic mass is 16.1. The van der Waals surface area contributed by atoms with Gasteiger partial charge >= 0.3 is 0 Å². The Morgan fingerprint density at radius 2 is 1.47 bits per heavy atom. The van der Waals surface area contributed by atoms with Gasteiger partial charge in [-0.1, -0.05) is 60.7 Å². The maximum Gasteiger partial charge on any atom is 0.137 e. The summed E-state index contributed by atoms with van der Waals surface area (Å²) in [5.74, 6) is 1.08. The van der Waals surface area contributed by atoms with E-state index in [4.69, 9.17) is 0 Å². The summed E-state index contributed by atoms with van der Waals surface area (Å²) in [5.41, 5.74) is 2.77. The second-order valence-corrected chi connectivity index (χ2v) is 5.74. The van der Waals surface area contributed by atoms with Gasteiger partial charge in [0.15, 0.2) is 0 Å². The fourth-order valence-electron chi connectivity index (χ4n) is 4.11. The Hall–Kier alpha value is -1.89. The maximum atomic E-state index is 12.2. The molecule has 0 aromatic heterocycles. The molecule has 2 aromatic carbocycles. The molecule has 2 saturated carbocycles. The smallest absolute Gasteiger partial charge is 0.137 e. The summed E-state index contributed by atoms with van der Waals surface area (Å²) in [6, 6.07) is 21.1. The van der Waals surface area contributed by atoms with Gasteiger partial charge in [0.05, 0.1) is 0 Å². The zero-order valence-corrected chi connectivity index (χ0v) is 10.8. The SMILES string of the molecule is O=C1CC[C@]2(c3ccccc3)[C@@H]1[C@@H]2c1ccccc1. The Kier molecular flexibility index (Phi) is 2.20. The Labute approximate surface area is 113 Å². The lowest BCUT2D eigenvalue weighted by Crippen LogP contribution is -2.08. The van der Waals surface area contributed by atoms with Crippen LogP contribution < -0.4 is 0 Å². The van der Waals surface area contributed by atoms with E-state index >= 15 is 0 Å². The predicted octanol–water partition coefficient (Wildman–Crippen LogP) is 3.70. The van der Waals surface area contributed by atoms with Gasteiger partial charge in [-0.15, -0.1) is 0 Å². The third-order valence-electron chi connectivity index (χ3n) is 4.94. The molecule has 3 atom stereocenters. The number of carbonyl (C=O) groups is 1. The lowest BCUT2D eigenvalue weighted by molar-refractivity contribution is -0.119. The lowest BCUT2D eigenvalue weighted by atomic mass is 9.88. The topological polar surface area (TPSA) is 17.1 Å². The van der Waals surface area contributed by atoms with Gasteiger partial charge in [-0.2, -0.15) is 0 Å². The third-order valence-corrected chi connectivity index (χ3v) is 4.94. The van der Waals surface area contributed by atoms with E-state index in [1.807, 2.05) is 12.1 Å². The predicted molar refractivity (Wildman–Crippen MR) is 75.0 cm³/mol. The van der Waals surface area contributed by atoms with Crippen molar-refractivity contribution in [3.05, 3.63) is 71.8 Å². The normalized spacial score (nSPS) is 32.1. The Balaban J connectivity index is 1.81. The molecule has 0 unspecified atom stereocenters. The number of rotatable bonds is 2. The molecule has 0 N–H and O–H groups in total. The molecule has 1 heteroatoms. The molecule has 2 aliphatic carbocycles. The van der Waals surface area contributed by atoms with Crippen molar-refractivity contribution in [1.29, 1.82) is 0 Å².